The Bertz CT molecular complexity index is 523. The Morgan fingerprint density at radius 3 is 2.86 bits per heavy atom. The fourth-order valence-electron chi connectivity index (χ4n) is 2.77. The lowest BCUT2D eigenvalue weighted by Crippen LogP contribution is -2.50. The summed E-state index contributed by atoms with van der Waals surface area (Å²) in [6, 6.07) is 0. The fourth-order valence-corrected chi connectivity index (χ4v) is 2.77. The van der Waals surface area contributed by atoms with E-state index in [9.17, 15) is 9.90 Å². The summed E-state index contributed by atoms with van der Waals surface area (Å²) in [7, 11) is 4.98. The van der Waals surface area contributed by atoms with E-state index in [1.165, 1.54) is 4.90 Å². The Hall–Kier alpha value is -1.73. The van der Waals surface area contributed by atoms with Gasteiger partial charge in [0.15, 0.2) is 0 Å². The summed E-state index contributed by atoms with van der Waals surface area (Å²) in [5.41, 5.74) is -0.233. The minimum Gasteiger partial charge on any atom is -0.480 e. The van der Waals surface area contributed by atoms with Gasteiger partial charge in [-0.3, -0.25) is 14.7 Å². The maximum atomic E-state index is 11.9. The number of likely N-dealkylation sites (tertiary alicyclic amines) is 1. The number of nitrogens with zero attached hydrogens (tertiary/aromatic N) is 4. The average molecular weight is 308 g/mol. The zero-order chi connectivity index (χ0) is 16.2. The number of hydrogen-bond donors (Lipinski definition) is 1. The average Bonchev–Trinajstić information content (AvgIpc) is 2.47. The van der Waals surface area contributed by atoms with Gasteiger partial charge >= 0.3 is 0 Å². The van der Waals surface area contributed by atoms with Crippen LogP contribution in [0.2, 0.25) is 0 Å². The maximum absolute atomic E-state index is 11.9. The number of piperidine rings is 1. The van der Waals surface area contributed by atoms with Gasteiger partial charge in [0.25, 0.3) is 0 Å². The van der Waals surface area contributed by atoms with Crippen LogP contribution in [0.3, 0.4) is 0 Å². The van der Waals surface area contributed by atoms with Crippen LogP contribution in [0.1, 0.15) is 25.0 Å². The van der Waals surface area contributed by atoms with Crippen molar-refractivity contribution >= 4 is 5.91 Å². The van der Waals surface area contributed by atoms with Crippen LogP contribution in [0.5, 0.6) is 5.88 Å². The van der Waals surface area contributed by atoms with Crippen molar-refractivity contribution in [1.82, 2.24) is 19.8 Å². The lowest BCUT2D eigenvalue weighted by Gasteiger charge is -2.39. The van der Waals surface area contributed by atoms with Crippen molar-refractivity contribution in [2.75, 3.05) is 34.3 Å². The van der Waals surface area contributed by atoms with Gasteiger partial charge in [-0.15, -0.1) is 0 Å². The van der Waals surface area contributed by atoms with Crippen LogP contribution in [-0.2, 0) is 11.3 Å². The van der Waals surface area contributed by atoms with E-state index >= 15 is 0 Å². The van der Waals surface area contributed by atoms with Crippen LogP contribution in [0.4, 0.5) is 0 Å². The standard InChI is InChI=1S/C15H24N4O3/c1-18(2)13(20)9-15(21)5-4-8-19(11-15)10-12-14(22-3)17-7-6-16-12/h6-7,21H,4-5,8-11H2,1-3H3. The highest BCUT2D eigenvalue weighted by Gasteiger charge is 2.36. The second kappa shape index (κ2) is 7.02. The zero-order valence-corrected chi connectivity index (χ0v) is 13.4. The predicted octanol–water partition coefficient (Wildman–Crippen LogP) is 0.290. The molecule has 0 saturated carbocycles. The van der Waals surface area contributed by atoms with E-state index in [2.05, 4.69) is 14.9 Å². The molecule has 1 aromatic rings. The highest BCUT2D eigenvalue weighted by Crippen LogP contribution is 2.27. The van der Waals surface area contributed by atoms with Crippen LogP contribution in [0.25, 0.3) is 0 Å². The lowest BCUT2D eigenvalue weighted by atomic mass is 9.89. The molecule has 1 aliphatic heterocycles. The van der Waals surface area contributed by atoms with Crippen molar-refractivity contribution in [3.63, 3.8) is 0 Å². The summed E-state index contributed by atoms with van der Waals surface area (Å²) in [5, 5.41) is 10.7. The molecule has 1 N–H and O–H groups in total. The first kappa shape index (κ1) is 16.6. The molecule has 122 valence electrons. The van der Waals surface area contributed by atoms with E-state index in [-0.39, 0.29) is 12.3 Å². The molecular formula is C15H24N4O3. The number of β-amino-alcohol motifs (C(OH)–C–C–N with tert-alkyl or cyclic N) is 1. The molecule has 0 spiro atoms. The SMILES string of the molecule is COc1nccnc1CN1CCCC(O)(CC(=O)N(C)C)C1. The molecule has 1 atom stereocenters. The molecule has 0 radical (unpaired) electrons. The van der Waals surface area contributed by atoms with E-state index in [4.69, 9.17) is 4.74 Å². The zero-order valence-electron chi connectivity index (χ0n) is 13.4. The van der Waals surface area contributed by atoms with Crippen LogP contribution < -0.4 is 4.74 Å². The molecule has 1 unspecified atom stereocenters. The summed E-state index contributed by atoms with van der Waals surface area (Å²) in [6.45, 7) is 1.86. The quantitative estimate of drug-likeness (QED) is 0.842. The van der Waals surface area contributed by atoms with E-state index < -0.39 is 5.60 Å². The third-order valence-electron chi connectivity index (χ3n) is 3.92. The van der Waals surface area contributed by atoms with Crippen molar-refractivity contribution in [2.24, 2.45) is 0 Å². The first-order chi connectivity index (χ1) is 10.4. The number of carbonyl (C=O) groups is 1. The van der Waals surface area contributed by atoms with E-state index in [1.807, 2.05) is 0 Å². The molecule has 0 bridgehead atoms. The molecule has 2 rings (SSSR count). The van der Waals surface area contributed by atoms with Crippen LogP contribution in [0, 0.1) is 0 Å². The number of hydrogen-bond acceptors (Lipinski definition) is 6. The Morgan fingerprint density at radius 2 is 2.18 bits per heavy atom. The number of methoxy groups -OCH3 is 1. The normalized spacial score (nSPS) is 22.4. The Balaban J connectivity index is 2.02. The van der Waals surface area contributed by atoms with Gasteiger partial charge in [0.1, 0.15) is 5.69 Å². The topological polar surface area (TPSA) is 78.8 Å². The van der Waals surface area contributed by atoms with Gasteiger partial charge in [0.05, 0.1) is 19.1 Å². The predicted molar refractivity (Wildman–Crippen MR) is 81.4 cm³/mol. The van der Waals surface area contributed by atoms with Crippen molar-refractivity contribution in [2.45, 2.75) is 31.4 Å². The number of carbonyl (C=O) groups excluding carboxylic acids is 1. The molecule has 7 heteroatoms. The van der Waals surface area contributed by atoms with Gasteiger partial charge < -0.3 is 14.7 Å². The number of ether oxygens (including phenoxy) is 1. The Labute approximate surface area is 130 Å². The molecule has 1 aromatic heterocycles. The molecular weight excluding hydrogens is 284 g/mol. The van der Waals surface area contributed by atoms with Crippen molar-refractivity contribution < 1.29 is 14.6 Å². The molecule has 1 saturated heterocycles. The van der Waals surface area contributed by atoms with Crippen molar-refractivity contribution in [3.05, 3.63) is 18.1 Å². The maximum Gasteiger partial charge on any atom is 0.236 e. The molecule has 22 heavy (non-hydrogen) atoms. The summed E-state index contributed by atoms with van der Waals surface area (Å²) in [6.07, 6.45) is 4.85. The van der Waals surface area contributed by atoms with Gasteiger partial charge in [-0.2, -0.15) is 0 Å². The van der Waals surface area contributed by atoms with Crippen LogP contribution >= 0.6 is 0 Å². The highest BCUT2D eigenvalue weighted by molar-refractivity contribution is 5.76. The Morgan fingerprint density at radius 1 is 1.45 bits per heavy atom. The summed E-state index contributed by atoms with van der Waals surface area (Å²) in [4.78, 5) is 23.9. The van der Waals surface area contributed by atoms with Crippen LogP contribution in [0.15, 0.2) is 12.4 Å². The number of rotatable bonds is 5. The molecule has 1 fully saturated rings. The van der Waals surface area contributed by atoms with E-state index in [0.717, 1.165) is 18.7 Å². The number of aromatic nitrogens is 2. The summed E-state index contributed by atoms with van der Waals surface area (Å²) < 4.78 is 5.21. The first-order valence-corrected chi connectivity index (χ1v) is 7.42. The molecule has 0 aliphatic carbocycles. The fraction of sp³-hybridized carbons (Fsp3) is 0.667. The molecule has 7 nitrogen and oxygen atoms in total. The molecule has 1 amide bonds. The van der Waals surface area contributed by atoms with Gasteiger partial charge in [-0.25, -0.2) is 4.98 Å². The van der Waals surface area contributed by atoms with Gasteiger partial charge in [0.2, 0.25) is 11.8 Å². The highest BCUT2D eigenvalue weighted by atomic mass is 16.5. The van der Waals surface area contributed by atoms with E-state index in [1.54, 1.807) is 33.6 Å². The van der Waals surface area contributed by atoms with Gasteiger partial charge in [-0.05, 0) is 19.4 Å². The Kier molecular flexibility index (Phi) is 5.31. The molecule has 0 aromatic carbocycles. The van der Waals surface area contributed by atoms with Crippen molar-refractivity contribution in [3.8, 4) is 5.88 Å². The lowest BCUT2D eigenvalue weighted by molar-refractivity contribution is -0.136. The molecule has 1 aliphatic rings. The number of amides is 1. The van der Waals surface area contributed by atoms with E-state index in [0.29, 0.717) is 25.4 Å². The largest absolute Gasteiger partial charge is 0.480 e. The first-order valence-electron chi connectivity index (χ1n) is 7.42. The summed E-state index contributed by atoms with van der Waals surface area (Å²) >= 11 is 0. The minimum absolute atomic E-state index is 0.0542. The van der Waals surface area contributed by atoms with Gasteiger partial charge in [0, 0.05) is 39.6 Å². The summed E-state index contributed by atoms with van der Waals surface area (Å²) in [5.74, 6) is 0.447. The van der Waals surface area contributed by atoms with Crippen LogP contribution in [-0.4, -0.2) is 70.7 Å². The minimum atomic E-state index is -0.977. The van der Waals surface area contributed by atoms with Crippen molar-refractivity contribution in [1.29, 1.82) is 0 Å². The smallest absolute Gasteiger partial charge is 0.236 e. The number of aliphatic hydroxyl groups is 1. The molecule has 2 heterocycles. The van der Waals surface area contributed by atoms with Gasteiger partial charge in [-0.1, -0.05) is 0 Å². The second-order valence-electron chi connectivity index (χ2n) is 6.02. The monoisotopic (exact) mass is 308 g/mol. The second-order valence-corrected chi connectivity index (χ2v) is 6.02. The third-order valence-corrected chi connectivity index (χ3v) is 3.92. The third kappa shape index (κ3) is 4.14.